The summed E-state index contributed by atoms with van der Waals surface area (Å²) in [6.45, 7) is 16.0. The summed E-state index contributed by atoms with van der Waals surface area (Å²) in [4.78, 5) is 13.4. The molecule has 256 valence electrons. The Balaban J connectivity index is 1.88. The highest BCUT2D eigenvalue weighted by Gasteiger charge is 2.54. The van der Waals surface area contributed by atoms with Crippen molar-refractivity contribution in [2.75, 3.05) is 11.0 Å². The van der Waals surface area contributed by atoms with E-state index in [1.807, 2.05) is 6.92 Å². The van der Waals surface area contributed by atoms with Crippen LogP contribution in [0.15, 0.2) is 121 Å². The minimum atomic E-state index is -2.97. The van der Waals surface area contributed by atoms with Gasteiger partial charge in [-0.2, -0.15) is 0 Å². The molecular weight excluding hydrogens is 740 g/mol. The lowest BCUT2D eigenvalue weighted by Crippen LogP contribution is -2.69. The average Bonchev–Trinajstić information content (AvgIpc) is 3.06. The van der Waals surface area contributed by atoms with Crippen LogP contribution in [0.5, 0.6) is 0 Å². The van der Waals surface area contributed by atoms with E-state index in [4.69, 9.17) is 13.6 Å². The highest BCUT2D eigenvalue weighted by Crippen LogP contribution is 2.41. The molecule has 4 nitrogen and oxygen atoms in total. The molecular formula is C41H53IO4Si2. The molecule has 0 bridgehead atoms. The Bertz CT molecular complexity index is 1460. The fraction of sp³-hybridized carbons (Fsp3) is 0.390. The number of halogens is 1. The largest absolute Gasteiger partial charge is 0.466 e. The van der Waals surface area contributed by atoms with Gasteiger partial charge in [0.25, 0.3) is 16.6 Å². The Morgan fingerprint density at radius 1 is 0.604 bits per heavy atom. The number of ether oxygens (including phenoxy) is 1. The minimum absolute atomic E-state index is 0.147. The maximum Gasteiger partial charge on any atom is 0.308 e. The van der Waals surface area contributed by atoms with E-state index < -0.39 is 22.7 Å². The lowest BCUT2D eigenvalue weighted by atomic mass is 10.1. The van der Waals surface area contributed by atoms with E-state index >= 15 is 0 Å². The van der Waals surface area contributed by atoms with Gasteiger partial charge in [-0.25, -0.2) is 0 Å². The molecule has 0 saturated carbocycles. The normalized spacial score (nSPS) is 13.9. The molecule has 0 amide bonds. The summed E-state index contributed by atoms with van der Waals surface area (Å²) < 4.78 is 21.9. The lowest BCUT2D eigenvalue weighted by Gasteiger charge is -2.47. The van der Waals surface area contributed by atoms with Crippen molar-refractivity contribution >= 4 is 65.9 Å². The van der Waals surface area contributed by atoms with Crippen LogP contribution in [0.2, 0.25) is 10.1 Å². The van der Waals surface area contributed by atoms with E-state index in [0.29, 0.717) is 13.0 Å². The molecule has 0 spiro atoms. The van der Waals surface area contributed by atoms with Gasteiger partial charge in [-0.15, -0.1) is 0 Å². The molecule has 0 heterocycles. The second-order valence-corrected chi connectivity index (χ2v) is 24.1. The first kappa shape index (κ1) is 38.2. The third-order valence-corrected chi connectivity index (χ3v) is 20.0. The van der Waals surface area contributed by atoms with E-state index in [-0.39, 0.29) is 28.6 Å². The molecule has 0 aliphatic heterocycles. The second-order valence-electron chi connectivity index (χ2n) is 14.5. The topological polar surface area (TPSA) is 44.8 Å². The van der Waals surface area contributed by atoms with Crippen molar-refractivity contribution in [3.05, 3.63) is 121 Å². The molecule has 2 atom stereocenters. The van der Waals surface area contributed by atoms with Crippen LogP contribution in [-0.4, -0.2) is 45.8 Å². The van der Waals surface area contributed by atoms with Gasteiger partial charge in [0.1, 0.15) is 0 Å². The van der Waals surface area contributed by atoms with Crippen LogP contribution in [0.1, 0.15) is 67.7 Å². The molecule has 0 aliphatic rings. The predicted molar refractivity (Wildman–Crippen MR) is 214 cm³/mol. The summed E-state index contributed by atoms with van der Waals surface area (Å²) in [6, 6.07) is 42.9. The highest BCUT2D eigenvalue weighted by atomic mass is 127. The van der Waals surface area contributed by atoms with Gasteiger partial charge in [-0.3, -0.25) is 4.79 Å². The van der Waals surface area contributed by atoms with E-state index in [9.17, 15) is 4.79 Å². The third-order valence-electron chi connectivity index (χ3n) is 9.18. The first-order valence-corrected chi connectivity index (χ1v) is 22.5. The summed E-state index contributed by atoms with van der Waals surface area (Å²) in [5.41, 5.74) is 0. The van der Waals surface area contributed by atoms with Gasteiger partial charge in [0.2, 0.25) is 0 Å². The zero-order valence-electron chi connectivity index (χ0n) is 29.7. The molecule has 4 rings (SSSR count). The molecule has 4 aromatic rings. The number of alkyl halides is 1. The van der Waals surface area contributed by atoms with Crippen molar-refractivity contribution < 1.29 is 18.4 Å². The zero-order chi connectivity index (χ0) is 34.8. The average molecular weight is 793 g/mol. The molecule has 0 aliphatic carbocycles. The Morgan fingerprint density at radius 2 is 0.938 bits per heavy atom. The van der Waals surface area contributed by atoms with E-state index in [0.717, 1.165) is 10.8 Å². The molecule has 0 N–H and O–H groups in total. The van der Waals surface area contributed by atoms with Crippen molar-refractivity contribution in [2.24, 2.45) is 0 Å². The number of rotatable bonds is 15. The van der Waals surface area contributed by atoms with Crippen LogP contribution in [0.25, 0.3) is 0 Å². The van der Waals surface area contributed by atoms with Crippen molar-refractivity contribution in [1.82, 2.24) is 0 Å². The standard InChI is InChI=1S/C41H53IO4Si2/c1-8-44-39(43)32-34(46-48(41(5,6)7,37-25-17-11-18-26-37)38-27-19-12-20-28-38)31-33(29-30-42)45-47(40(2,3)4,35-21-13-9-14-22-35)36-23-15-10-16-24-36/h9-28,33-34H,8,29-32H2,1-7H3/t33-,34-/m1/s1. The number of hydrogen-bond acceptors (Lipinski definition) is 4. The fourth-order valence-corrected chi connectivity index (χ4v) is 17.2. The third kappa shape index (κ3) is 8.59. The summed E-state index contributed by atoms with van der Waals surface area (Å²) in [7, 11) is -5.83. The van der Waals surface area contributed by atoms with Gasteiger partial charge in [0.15, 0.2) is 0 Å². The SMILES string of the molecule is CCOC(=O)C[C@@H](C[C@@H](CCI)O[Si](c1ccccc1)(c1ccccc1)C(C)(C)C)O[Si](c1ccccc1)(c1ccccc1)C(C)(C)C. The summed E-state index contributed by atoms with van der Waals surface area (Å²) in [5.74, 6) is -0.237. The van der Waals surface area contributed by atoms with E-state index in [1.54, 1.807) is 0 Å². The van der Waals surface area contributed by atoms with Crippen LogP contribution in [0.4, 0.5) is 0 Å². The van der Waals surface area contributed by atoms with Crippen molar-refractivity contribution in [3.63, 3.8) is 0 Å². The molecule has 0 fully saturated rings. The van der Waals surface area contributed by atoms with Gasteiger partial charge in [-0.1, -0.05) is 185 Å². The number of carbonyl (C=O) groups is 1. The van der Waals surface area contributed by atoms with Crippen molar-refractivity contribution in [3.8, 4) is 0 Å². The first-order chi connectivity index (χ1) is 22.9. The Kier molecular flexibility index (Phi) is 13.5. The van der Waals surface area contributed by atoms with Gasteiger partial charge >= 0.3 is 5.97 Å². The van der Waals surface area contributed by atoms with Gasteiger partial charge < -0.3 is 13.6 Å². The minimum Gasteiger partial charge on any atom is -0.466 e. The summed E-state index contributed by atoms with van der Waals surface area (Å²) in [5, 5.41) is 4.47. The monoisotopic (exact) mass is 792 g/mol. The molecule has 0 aromatic heterocycles. The number of esters is 1. The molecule has 7 heteroatoms. The molecule has 4 aromatic carbocycles. The zero-order valence-corrected chi connectivity index (χ0v) is 33.9. The Morgan fingerprint density at radius 3 is 1.23 bits per heavy atom. The van der Waals surface area contributed by atoms with Crippen LogP contribution < -0.4 is 20.7 Å². The Labute approximate surface area is 305 Å². The van der Waals surface area contributed by atoms with E-state index in [1.165, 1.54) is 20.7 Å². The number of benzene rings is 4. The quantitative estimate of drug-likeness (QED) is 0.0530. The van der Waals surface area contributed by atoms with Crippen LogP contribution in [-0.2, 0) is 18.4 Å². The fourth-order valence-electron chi connectivity index (χ4n) is 7.10. The van der Waals surface area contributed by atoms with Crippen molar-refractivity contribution in [1.29, 1.82) is 0 Å². The Hall–Kier alpha value is -2.57. The first-order valence-electron chi connectivity index (χ1n) is 17.2. The van der Waals surface area contributed by atoms with Gasteiger partial charge in [0, 0.05) is 10.5 Å². The van der Waals surface area contributed by atoms with Gasteiger partial charge in [0.05, 0.1) is 19.1 Å². The molecule has 0 saturated heterocycles. The number of carbonyl (C=O) groups excluding carboxylic acids is 1. The summed E-state index contributed by atoms with van der Waals surface area (Å²) in [6.07, 6.45) is 1.03. The van der Waals surface area contributed by atoms with Crippen LogP contribution in [0, 0.1) is 0 Å². The van der Waals surface area contributed by atoms with Gasteiger partial charge in [-0.05, 0) is 50.6 Å². The van der Waals surface area contributed by atoms with E-state index in [2.05, 4.69) is 185 Å². The maximum absolute atomic E-state index is 13.4. The second kappa shape index (κ2) is 16.9. The smallest absolute Gasteiger partial charge is 0.308 e. The predicted octanol–water partition coefficient (Wildman–Crippen LogP) is 8.05. The molecule has 0 unspecified atom stereocenters. The number of hydrogen-bond donors (Lipinski definition) is 0. The summed E-state index contributed by atoms with van der Waals surface area (Å²) >= 11 is 2.46. The molecule has 0 radical (unpaired) electrons. The van der Waals surface area contributed by atoms with Crippen LogP contribution in [0.3, 0.4) is 0 Å². The maximum atomic E-state index is 13.4. The lowest BCUT2D eigenvalue weighted by molar-refractivity contribution is -0.145. The van der Waals surface area contributed by atoms with Crippen LogP contribution >= 0.6 is 22.6 Å². The molecule has 48 heavy (non-hydrogen) atoms. The highest BCUT2D eigenvalue weighted by molar-refractivity contribution is 14.1. The van der Waals surface area contributed by atoms with Crippen molar-refractivity contribution in [2.45, 2.75) is 90.0 Å².